The van der Waals surface area contributed by atoms with E-state index in [2.05, 4.69) is 10.4 Å². The molecular formula is C22H30N4O3. The largest absolute Gasteiger partial charge is 0.444 e. The number of para-hydroxylation sites is 1. The van der Waals surface area contributed by atoms with Crippen molar-refractivity contribution in [3.05, 3.63) is 47.3 Å². The molecular weight excluding hydrogens is 368 g/mol. The summed E-state index contributed by atoms with van der Waals surface area (Å²) in [4.78, 5) is 26.8. The van der Waals surface area contributed by atoms with Crippen molar-refractivity contribution in [2.45, 2.75) is 65.6 Å². The molecule has 29 heavy (non-hydrogen) atoms. The van der Waals surface area contributed by atoms with E-state index in [0.29, 0.717) is 19.5 Å². The van der Waals surface area contributed by atoms with E-state index >= 15 is 0 Å². The summed E-state index contributed by atoms with van der Waals surface area (Å²) in [5.74, 6) is -0.153. The van der Waals surface area contributed by atoms with E-state index in [1.807, 2.05) is 69.6 Å². The van der Waals surface area contributed by atoms with Gasteiger partial charge in [0.05, 0.1) is 11.4 Å². The second-order valence-electron chi connectivity index (χ2n) is 8.45. The molecule has 156 valence electrons. The molecule has 1 fully saturated rings. The van der Waals surface area contributed by atoms with Gasteiger partial charge in [0.15, 0.2) is 0 Å². The van der Waals surface area contributed by atoms with Gasteiger partial charge in [-0.15, -0.1) is 0 Å². The molecule has 0 spiro atoms. The van der Waals surface area contributed by atoms with Crippen molar-refractivity contribution in [2.24, 2.45) is 0 Å². The highest BCUT2D eigenvalue weighted by Gasteiger charge is 2.36. The van der Waals surface area contributed by atoms with Crippen LogP contribution in [0.5, 0.6) is 0 Å². The first-order valence-corrected chi connectivity index (χ1v) is 10.1. The lowest BCUT2D eigenvalue weighted by Crippen LogP contribution is -2.47. The standard InChI is InChI=1S/C22H30N4O3/c1-15-18(16(2)26(24-15)17-10-7-6-8-11-17)14-23-20(27)19-12-9-13-25(19)21(28)29-22(3,4)5/h6-8,10-11,19H,9,12-14H2,1-5H3,(H,23,27). The monoisotopic (exact) mass is 398 g/mol. The average Bonchev–Trinajstić information content (AvgIpc) is 3.25. The van der Waals surface area contributed by atoms with Crippen LogP contribution in [0, 0.1) is 13.8 Å². The molecule has 0 bridgehead atoms. The number of rotatable bonds is 4. The Morgan fingerprint density at radius 1 is 1.21 bits per heavy atom. The van der Waals surface area contributed by atoms with Crippen molar-refractivity contribution in [1.29, 1.82) is 0 Å². The maximum absolute atomic E-state index is 12.8. The minimum atomic E-state index is -0.582. The van der Waals surface area contributed by atoms with Crippen LogP contribution in [0.2, 0.25) is 0 Å². The van der Waals surface area contributed by atoms with Gasteiger partial charge in [0.2, 0.25) is 5.91 Å². The molecule has 0 aliphatic carbocycles. The number of carbonyl (C=O) groups excluding carboxylic acids is 2. The molecule has 1 atom stereocenters. The summed E-state index contributed by atoms with van der Waals surface area (Å²) in [5.41, 5.74) is 3.26. The van der Waals surface area contributed by atoms with Gasteiger partial charge in [-0.1, -0.05) is 18.2 Å². The molecule has 2 aromatic rings. The van der Waals surface area contributed by atoms with Crippen molar-refractivity contribution in [3.63, 3.8) is 0 Å². The molecule has 2 heterocycles. The molecule has 1 N–H and O–H groups in total. The Hall–Kier alpha value is -2.83. The first-order chi connectivity index (χ1) is 13.7. The van der Waals surface area contributed by atoms with Gasteiger partial charge in [-0.2, -0.15) is 5.10 Å². The van der Waals surface area contributed by atoms with Crippen molar-refractivity contribution < 1.29 is 14.3 Å². The van der Waals surface area contributed by atoms with E-state index in [-0.39, 0.29) is 5.91 Å². The summed E-state index contributed by atoms with van der Waals surface area (Å²) in [7, 11) is 0. The van der Waals surface area contributed by atoms with Gasteiger partial charge in [0.1, 0.15) is 11.6 Å². The molecule has 1 aromatic heterocycles. The van der Waals surface area contributed by atoms with Crippen LogP contribution in [0.3, 0.4) is 0 Å². The highest BCUT2D eigenvalue weighted by Crippen LogP contribution is 2.22. The lowest BCUT2D eigenvalue weighted by atomic mass is 10.1. The van der Waals surface area contributed by atoms with Crippen LogP contribution in [-0.4, -0.2) is 44.9 Å². The number of ether oxygens (including phenoxy) is 1. The molecule has 7 heteroatoms. The van der Waals surface area contributed by atoms with E-state index in [9.17, 15) is 9.59 Å². The summed E-state index contributed by atoms with van der Waals surface area (Å²) < 4.78 is 7.34. The number of benzene rings is 1. The van der Waals surface area contributed by atoms with E-state index in [4.69, 9.17) is 4.74 Å². The summed E-state index contributed by atoms with van der Waals surface area (Å²) in [6.45, 7) is 10.3. The third kappa shape index (κ3) is 4.78. The first-order valence-electron chi connectivity index (χ1n) is 10.1. The summed E-state index contributed by atoms with van der Waals surface area (Å²) in [6.07, 6.45) is 1.01. The molecule has 2 amide bonds. The third-order valence-electron chi connectivity index (χ3n) is 5.06. The Morgan fingerprint density at radius 2 is 1.90 bits per heavy atom. The first kappa shape index (κ1) is 20.9. The normalized spacial score (nSPS) is 16.7. The lowest BCUT2D eigenvalue weighted by Gasteiger charge is -2.28. The summed E-state index contributed by atoms with van der Waals surface area (Å²) in [6, 6.07) is 9.42. The van der Waals surface area contributed by atoms with Gasteiger partial charge in [-0.05, 0) is 59.6 Å². The van der Waals surface area contributed by atoms with E-state index < -0.39 is 17.7 Å². The minimum absolute atomic E-state index is 0.153. The average molecular weight is 399 g/mol. The molecule has 1 unspecified atom stereocenters. The van der Waals surface area contributed by atoms with Gasteiger partial charge in [0.25, 0.3) is 0 Å². The number of nitrogens with one attached hydrogen (secondary N) is 1. The zero-order valence-electron chi connectivity index (χ0n) is 17.9. The Labute approximate surface area is 172 Å². The molecule has 3 rings (SSSR count). The van der Waals surface area contributed by atoms with Gasteiger partial charge in [-0.3, -0.25) is 9.69 Å². The molecule has 1 aliphatic rings. The number of hydrogen-bond acceptors (Lipinski definition) is 4. The third-order valence-corrected chi connectivity index (χ3v) is 5.06. The predicted molar refractivity (Wildman–Crippen MR) is 111 cm³/mol. The number of aromatic nitrogens is 2. The van der Waals surface area contributed by atoms with Crippen LogP contribution < -0.4 is 5.32 Å². The van der Waals surface area contributed by atoms with Gasteiger partial charge < -0.3 is 10.1 Å². The van der Waals surface area contributed by atoms with Crippen LogP contribution in [0.4, 0.5) is 4.79 Å². The van der Waals surface area contributed by atoms with Gasteiger partial charge in [-0.25, -0.2) is 9.48 Å². The molecule has 0 radical (unpaired) electrons. The van der Waals surface area contributed by atoms with Crippen LogP contribution in [-0.2, 0) is 16.1 Å². The number of likely N-dealkylation sites (tertiary alicyclic amines) is 1. The Bertz CT molecular complexity index is 883. The maximum atomic E-state index is 12.8. The highest BCUT2D eigenvalue weighted by atomic mass is 16.6. The number of hydrogen-bond donors (Lipinski definition) is 1. The quantitative estimate of drug-likeness (QED) is 0.855. The van der Waals surface area contributed by atoms with Crippen LogP contribution in [0.25, 0.3) is 5.69 Å². The topological polar surface area (TPSA) is 76.5 Å². The van der Waals surface area contributed by atoms with Crippen molar-refractivity contribution >= 4 is 12.0 Å². The molecule has 1 aliphatic heterocycles. The number of amides is 2. The second kappa shape index (κ2) is 8.27. The number of carbonyl (C=O) groups is 2. The Balaban J connectivity index is 1.68. The van der Waals surface area contributed by atoms with Crippen LogP contribution >= 0.6 is 0 Å². The Kier molecular flexibility index (Phi) is 5.96. The highest BCUT2D eigenvalue weighted by molar-refractivity contribution is 5.86. The maximum Gasteiger partial charge on any atom is 0.410 e. The van der Waals surface area contributed by atoms with Crippen molar-refractivity contribution in [1.82, 2.24) is 20.0 Å². The molecule has 1 saturated heterocycles. The zero-order valence-corrected chi connectivity index (χ0v) is 17.9. The fourth-order valence-electron chi connectivity index (χ4n) is 3.62. The van der Waals surface area contributed by atoms with E-state index in [0.717, 1.165) is 29.1 Å². The SMILES string of the molecule is Cc1nn(-c2ccccc2)c(C)c1CNC(=O)C1CCCN1C(=O)OC(C)(C)C. The van der Waals surface area contributed by atoms with Crippen molar-refractivity contribution in [3.8, 4) is 5.69 Å². The van der Waals surface area contributed by atoms with E-state index in [1.54, 1.807) is 0 Å². The number of aryl methyl sites for hydroxylation is 1. The predicted octanol–water partition coefficient (Wildman–Crippen LogP) is 3.50. The minimum Gasteiger partial charge on any atom is -0.444 e. The van der Waals surface area contributed by atoms with Gasteiger partial charge in [0, 0.05) is 24.3 Å². The van der Waals surface area contributed by atoms with Crippen molar-refractivity contribution in [2.75, 3.05) is 6.54 Å². The molecule has 0 saturated carbocycles. The Morgan fingerprint density at radius 3 is 2.55 bits per heavy atom. The summed E-state index contributed by atoms with van der Waals surface area (Å²) in [5, 5.41) is 7.61. The van der Waals surface area contributed by atoms with Crippen LogP contribution in [0.15, 0.2) is 30.3 Å². The fraction of sp³-hybridized carbons (Fsp3) is 0.500. The van der Waals surface area contributed by atoms with Crippen LogP contribution in [0.1, 0.15) is 50.6 Å². The van der Waals surface area contributed by atoms with E-state index in [1.165, 1.54) is 4.90 Å². The zero-order chi connectivity index (χ0) is 21.2. The second-order valence-corrected chi connectivity index (χ2v) is 8.45. The molecule has 1 aromatic carbocycles. The number of nitrogens with zero attached hydrogens (tertiary/aromatic N) is 3. The smallest absolute Gasteiger partial charge is 0.410 e. The molecule has 7 nitrogen and oxygen atoms in total. The lowest BCUT2D eigenvalue weighted by molar-refractivity contribution is -0.125. The summed E-state index contributed by atoms with van der Waals surface area (Å²) >= 11 is 0. The van der Waals surface area contributed by atoms with Gasteiger partial charge >= 0.3 is 6.09 Å². The fourth-order valence-corrected chi connectivity index (χ4v) is 3.62.